The first-order chi connectivity index (χ1) is 9.15. The minimum absolute atomic E-state index is 0.201. The van der Waals surface area contributed by atoms with E-state index in [4.69, 9.17) is 5.73 Å². The number of benzene rings is 1. The lowest BCUT2D eigenvalue weighted by atomic mass is 9.98. The molecule has 104 valence electrons. The maximum absolute atomic E-state index is 12.8. The Morgan fingerprint density at radius 3 is 2.74 bits per heavy atom. The summed E-state index contributed by atoms with van der Waals surface area (Å²) < 4.78 is 12.8. The molecule has 1 amide bonds. The number of nitrogens with two attached hydrogens (primary N) is 1. The van der Waals surface area contributed by atoms with Crippen LogP contribution in [0.2, 0.25) is 0 Å². The molecule has 1 saturated heterocycles. The van der Waals surface area contributed by atoms with Gasteiger partial charge in [0.25, 0.3) is 0 Å². The second kappa shape index (κ2) is 6.66. The fourth-order valence-corrected chi connectivity index (χ4v) is 2.74. The zero-order chi connectivity index (χ0) is 13.7. The van der Waals surface area contributed by atoms with Gasteiger partial charge in [-0.05, 0) is 43.5 Å². The molecule has 1 fully saturated rings. The first-order valence-electron chi connectivity index (χ1n) is 6.92. The van der Waals surface area contributed by atoms with Crippen molar-refractivity contribution in [1.82, 2.24) is 4.90 Å². The van der Waals surface area contributed by atoms with Crippen LogP contribution in [0.5, 0.6) is 0 Å². The predicted octanol–water partition coefficient (Wildman–Crippen LogP) is 2.10. The molecular formula is C15H21FN2O. The molecule has 1 aromatic rings. The summed E-state index contributed by atoms with van der Waals surface area (Å²) in [6.07, 6.45) is 4.73. The van der Waals surface area contributed by atoms with E-state index in [2.05, 4.69) is 4.90 Å². The lowest BCUT2D eigenvalue weighted by Crippen LogP contribution is -2.42. The van der Waals surface area contributed by atoms with Crippen LogP contribution in [-0.4, -0.2) is 29.9 Å². The number of piperidine rings is 1. The van der Waals surface area contributed by atoms with Crippen LogP contribution in [0.4, 0.5) is 4.39 Å². The van der Waals surface area contributed by atoms with Gasteiger partial charge < -0.3 is 5.73 Å². The highest BCUT2D eigenvalue weighted by Crippen LogP contribution is 2.20. The molecule has 1 aliphatic rings. The molecule has 0 aliphatic carbocycles. The van der Waals surface area contributed by atoms with E-state index in [9.17, 15) is 9.18 Å². The van der Waals surface area contributed by atoms with Gasteiger partial charge in [-0.2, -0.15) is 0 Å². The van der Waals surface area contributed by atoms with Crippen molar-refractivity contribution in [3.63, 3.8) is 0 Å². The standard InChI is InChI=1S/C15H21FN2O/c16-13-6-4-12(5-7-13)8-10-18-9-2-1-3-14(18)11-15(17)19/h4-7,14H,1-3,8-11H2,(H2,17,19). The van der Waals surface area contributed by atoms with Crippen LogP contribution in [0.1, 0.15) is 31.2 Å². The number of hydrogen-bond donors (Lipinski definition) is 1. The van der Waals surface area contributed by atoms with Crippen molar-refractivity contribution >= 4 is 5.91 Å². The van der Waals surface area contributed by atoms with Crippen LogP contribution in [0.3, 0.4) is 0 Å². The number of primary amides is 1. The summed E-state index contributed by atoms with van der Waals surface area (Å²) in [5.41, 5.74) is 6.43. The fraction of sp³-hybridized carbons (Fsp3) is 0.533. The van der Waals surface area contributed by atoms with Crippen molar-refractivity contribution in [2.75, 3.05) is 13.1 Å². The Morgan fingerprint density at radius 2 is 2.05 bits per heavy atom. The molecule has 0 bridgehead atoms. The van der Waals surface area contributed by atoms with Gasteiger partial charge in [-0.15, -0.1) is 0 Å². The number of carbonyl (C=O) groups is 1. The first-order valence-corrected chi connectivity index (χ1v) is 6.92. The van der Waals surface area contributed by atoms with Gasteiger partial charge in [0, 0.05) is 19.0 Å². The Bertz CT molecular complexity index is 419. The van der Waals surface area contributed by atoms with E-state index in [0.717, 1.165) is 31.5 Å². The average molecular weight is 264 g/mol. The first kappa shape index (κ1) is 14.0. The molecule has 0 spiro atoms. The molecule has 2 N–H and O–H groups in total. The van der Waals surface area contributed by atoms with Gasteiger partial charge in [-0.1, -0.05) is 18.6 Å². The summed E-state index contributed by atoms with van der Waals surface area (Å²) in [5.74, 6) is -0.424. The largest absolute Gasteiger partial charge is 0.370 e. The number of nitrogens with zero attached hydrogens (tertiary/aromatic N) is 1. The lowest BCUT2D eigenvalue weighted by molar-refractivity contribution is -0.119. The molecule has 1 heterocycles. The van der Waals surface area contributed by atoms with E-state index in [1.165, 1.54) is 25.0 Å². The van der Waals surface area contributed by atoms with Gasteiger partial charge in [0.05, 0.1) is 0 Å². The fourth-order valence-electron chi connectivity index (χ4n) is 2.74. The maximum Gasteiger partial charge on any atom is 0.218 e. The highest BCUT2D eigenvalue weighted by molar-refractivity contribution is 5.74. The lowest BCUT2D eigenvalue weighted by Gasteiger charge is -2.35. The Hall–Kier alpha value is -1.42. The SMILES string of the molecule is NC(=O)CC1CCCCN1CCc1ccc(F)cc1. The van der Waals surface area contributed by atoms with Crippen LogP contribution in [-0.2, 0) is 11.2 Å². The molecule has 0 radical (unpaired) electrons. The topological polar surface area (TPSA) is 46.3 Å². The molecule has 1 aromatic carbocycles. The molecule has 1 unspecified atom stereocenters. The quantitative estimate of drug-likeness (QED) is 0.885. The van der Waals surface area contributed by atoms with E-state index < -0.39 is 0 Å². The molecule has 0 saturated carbocycles. The van der Waals surface area contributed by atoms with Crippen LogP contribution >= 0.6 is 0 Å². The van der Waals surface area contributed by atoms with E-state index in [1.54, 1.807) is 0 Å². The highest BCUT2D eigenvalue weighted by atomic mass is 19.1. The third-order valence-corrected chi connectivity index (χ3v) is 3.79. The van der Waals surface area contributed by atoms with E-state index in [1.807, 2.05) is 12.1 Å². The summed E-state index contributed by atoms with van der Waals surface area (Å²) in [7, 11) is 0. The summed E-state index contributed by atoms with van der Waals surface area (Å²) >= 11 is 0. The number of carbonyl (C=O) groups excluding carboxylic acids is 1. The number of halogens is 1. The normalized spacial score (nSPS) is 20.4. The van der Waals surface area contributed by atoms with Crippen molar-refractivity contribution in [3.8, 4) is 0 Å². The number of hydrogen-bond acceptors (Lipinski definition) is 2. The van der Waals surface area contributed by atoms with E-state index in [-0.39, 0.29) is 17.8 Å². The average Bonchev–Trinajstić information content (AvgIpc) is 2.39. The third-order valence-electron chi connectivity index (χ3n) is 3.79. The van der Waals surface area contributed by atoms with E-state index >= 15 is 0 Å². The summed E-state index contributed by atoms with van der Waals surface area (Å²) in [6, 6.07) is 6.91. The molecule has 19 heavy (non-hydrogen) atoms. The van der Waals surface area contributed by atoms with Crippen molar-refractivity contribution in [2.45, 2.75) is 38.1 Å². The van der Waals surface area contributed by atoms with Crippen molar-refractivity contribution in [3.05, 3.63) is 35.6 Å². The molecule has 2 rings (SSSR count). The minimum atomic E-state index is -0.223. The van der Waals surface area contributed by atoms with Crippen LogP contribution in [0.15, 0.2) is 24.3 Å². The zero-order valence-corrected chi connectivity index (χ0v) is 11.1. The predicted molar refractivity (Wildman–Crippen MR) is 73.1 cm³/mol. The van der Waals surface area contributed by atoms with Gasteiger partial charge >= 0.3 is 0 Å². The molecule has 1 atom stereocenters. The second-order valence-electron chi connectivity index (χ2n) is 5.23. The summed E-state index contributed by atoms with van der Waals surface area (Å²) in [6.45, 7) is 1.93. The van der Waals surface area contributed by atoms with Gasteiger partial charge in [-0.3, -0.25) is 9.69 Å². The van der Waals surface area contributed by atoms with Gasteiger partial charge in [0.1, 0.15) is 5.82 Å². The molecular weight excluding hydrogens is 243 g/mol. The van der Waals surface area contributed by atoms with Gasteiger partial charge in [-0.25, -0.2) is 4.39 Å². The zero-order valence-electron chi connectivity index (χ0n) is 11.1. The smallest absolute Gasteiger partial charge is 0.218 e. The molecule has 3 nitrogen and oxygen atoms in total. The van der Waals surface area contributed by atoms with Crippen LogP contribution < -0.4 is 5.73 Å². The highest BCUT2D eigenvalue weighted by Gasteiger charge is 2.23. The molecule has 1 aliphatic heterocycles. The van der Waals surface area contributed by atoms with Gasteiger partial charge in [0.15, 0.2) is 0 Å². The molecule has 4 heteroatoms. The van der Waals surface area contributed by atoms with Gasteiger partial charge in [0.2, 0.25) is 5.91 Å². The number of likely N-dealkylation sites (tertiary alicyclic amines) is 1. The summed E-state index contributed by atoms with van der Waals surface area (Å²) in [5, 5.41) is 0. The number of rotatable bonds is 5. The Kier molecular flexibility index (Phi) is 4.91. The van der Waals surface area contributed by atoms with Crippen molar-refractivity contribution in [1.29, 1.82) is 0 Å². The third kappa shape index (κ3) is 4.31. The minimum Gasteiger partial charge on any atom is -0.370 e. The molecule has 0 aromatic heterocycles. The number of amides is 1. The second-order valence-corrected chi connectivity index (χ2v) is 5.23. The Labute approximate surface area is 113 Å². The van der Waals surface area contributed by atoms with Crippen LogP contribution in [0, 0.1) is 5.82 Å². The Balaban J connectivity index is 1.88. The summed E-state index contributed by atoms with van der Waals surface area (Å²) in [4.78, 5) is 13.4. The monoisotopic (exact) mass is 264 g/mol. The van der Waals surface area contributed by atoms with Crippen molar-refractivity contribution in [2.24, 2.45) is 5.73 Å². The van der Waals surface area contributed by atoms with Crippen molar-refractivity contribution < 1.29 is 9.18 Å². The maximum atomic E-state index is 12.8. The van der Waals surface area contributed by atoms with Crippen LogP contribution in [0.25, 0.3) is 0 Å². The van der Waals surface area contributed by atoms with E-state index in [0.29, 0.717) is 6.42 Å². The Morgan fingerprint density at radius 1 is 1.32 bits per heavy atom.